The summed E-state index contributed by atoms with van der Waals surface area (Å²) in [7, 11) is 1.67. The number of methoxy groups -OCH3 is 1. The Morgan fingerprint density at radius 1 is 1.47 bits per heavy atom. The van der Waals surface area contributed by atoms with Gasteiger partial charge in [-0.3, -0.25) is 0 Å². The Morgan fingerprint density at radius 3 is 3.00 bits per heavy atom. The molecule has 1 atom stereocenters. The highest BCUT2D eigenvalue weighted by Gasteiger charge is 2.13. The molecule has 0 saturated carbocycles. The van der Waals surface area contributed by atoms with E-state index in [-0.39, 0.29) is 6.04 Å². The van der Waals surface area contributed by atoms with Crippen molar-refractivity contribution < 1.29 is 4.74 Å². The number of hydrogen-bond donors (Lipinski definition) is 3. The fraction of sp³-hybridized carbons (Fsp3) is 0.500. The van der Waals surface area contributed by atoms with Crippen LogP contribution in [0.15, 0.2) is 6.33 Å². The number of hydrogen-bond acceptors (Lipinski definition) is 6. The molecule has 2 rings (SSSR count). The molecule has 1 unspecified atom stereocenters. The van der Waals surface area contributed by atoms with Crippen LogP contribution in [-0.2, 0) is 4.74 Å². The van der Waals surface area contributed by atoms with E-state index in [2.05, 4.69) is 19.9 Å². The van der Waals surface area contributed by atoms with Gasteiger partial charge in [-0.25, -0.2) is 15.0 Å². The average molecular weight is 236 g/mol. The summed E-state index contributed by atoms with van der Waals surface area (Å²) in [4.78, 5) is 15.3. The Morgan fingerprint density at radius 2 is 2.29 bits per heavy atom. The minimum atomic E-state index is -0.168. The molecule has 7 heteroatoms. The van der Waals surface area contributed by atoms with E-state index in [1.165, 1.54) is 6.33 Å². The van der Waals surface area contributed by atoms with Gasteiger partial charge in [0.2, 0.25) is 0 Å². The summed E-state index contributed by atoms with van der Waals surface area (Å²) in [6.07, 6.45) is 3.07. The topological polar surface area (TPSA) is 116 Å². The highest BCUT2D eigenvalue weighted by atomic mass is 16.5. The molecule has 0 bridgehead atoms. The first-order chi connectivity index (χ1) is 8.22. The van der Waals surface area contributed by atoms with Gasteiger partial charge in [-0.1, -0.05) is 0 Å². The van der Waals surface area contributed by atoms with Crippen LogP contribution in [0.2, 0.25) is 0 Å². The number of H-pyrrole nitrogens is 1. The molecule has 0 aromatic carbocycles. The molecule has 17 heavy (non-hydrogen) atoms. The third-order valence-corrected chi connectivity index (χ3v) is 2.55. The standard InChI is InChI=1S/C10H16N6O/c1-17-4-2-3-6(11)9-15-7-8(12)13-5-14-10(7)16-9/h5-6H,2-4,11H2,1H3,(H3,12,13,14,15,16). The van der Waals surface area contributed by atoms with Crippen molar-refractivity contribution in [2.24, 2.45) is 5.73 Å². The second kappa shape index (κ2) is 5.07. The minimum absolute atomic E-state index is 0.168. The first-order valence-electron chi connectivity index (χ1n) is 5.43. The summed E-state index contributed by atoms with van der Waals surface area (Å²) in [5.74, 6) is 1.07. The van der Waals surface area contributed by atoms with Crippen molar-refractivity contribution in [2.45, 2.75) is 18.9 Å². The maximum Gasteiger partial charge on any atom is 0.183 e. The lowest BCUT2D eigenvalue weighted by molar-refractivity contribution is 0.190. The Kier molecular flexibility index (Phi) is 3.50. The van der Waals surface area contributed by atoms with Crippen molar-refractivity contribution >= 4 is 17.0 Å². The monoisotopic (exact) mass is 236 g/mol. The predicted molar refractivity (Wildman–Crippen MR) is 64.1 cm³/mol. The van der Waals surface area contributed by atoms with Gasteiger partial charge >= 0.3 is 0 Å². The molecular formula is C10H16N6O. The number of nitrogens with zero attached hydrogens (tertiary/aromatic N) is 3. The Balaban J connectivity index is 2.16. The third-order valence-electron chi connectivity index (χ3n) is 2.55. The van der Waals surface area contributed by atoms with Crippen molar-refractivity contribution in [2.75, 3.05) is 19.5 Å². The van der Waals surface area contributed by atoms with Crippen molar-refractivity contribution in [1.82, 2.24) is 19.9 Å². The van der Waals surface area contributed by atoms with Gasteiger partial charge < -0.3 is 21.2 Å². The summed E-state index contributed by atoms with van der Waals surface area (Å²) in [6, 6.07) is -0.168. The van der Waals surface area contributed by atoms with Gasteiger partial charge in [0, 0.05) is 13.7 Å². The zero-order chi connectivity index (χ0) is 12.3. The van der Waals surface area contributed by atoms with Gasteiger partial charge in [-0.15, -0.1) is 0 Å². The average Bonchev–Trinajstić information content (AvgIpc) is 2.75. The number of nitrogens with two attached hydrogens (primary N) is 2. The normalized spacial score (nSPS) is 13.1. The lowest BCUT2D eigenvalue weighted by atomic mass is 10.1. The van der Waals surface area contributed by atoms with Crippen LogP contribution in [0.5, 0.6) is 0 Å². The Hall–Kier alpha value is -1.73. The van der Waals surface area contributed by atoms with Crippen molar-refractivity contribution in [3.8, 4) is 0 Å². The molecule has 5 N–H and O–H groups in total. The summed E-state index contributed by atoms with van der Waals surface area (Å²) >= 11 is 0. The van der Waals surface area contributed by atoms with E-state index in [0.29, 0.717) is 29.4 Å². The molecular weight excluding hydrogens is 220 g/mol. The molecule has 0 fully saturated rings. The second-order valence-electron chi connectivity index (χ2n) is 3.82. The Labute approximate surface area is 98.6 Å². The SMILES string of the molecule is COCCCC(N)c1nc2ncnc(N)c2[nH]1. The van der Waals surface area contributed by atoms with Crippen LogP contribution in [0.1, 0.15) is 24.7 Å². The fourth-order valence-corrected chi connectivity index (χ4v) is 1.62. The molecule has 0 amide bonds. The van der Waals surface area contributed by atoms with Crippen LogP contribution in [0, 0.1) is 0 Å². The van der Waals surface area contributed by atoms with E-state index in [1.54, 1.807) is 7.11 Å². The van der Waals surface area contributed by atoms with E-state index in [9.17, 15) is 0 Å². The molecule has 0 aliphatic carbocycles. The smallest absolute Gasteiger partial charge is 0.183 e. The number of anilines is 1. The van der Waals surface area contributed by atoms with E-state index in [4.69, 9.17) is 16.2 Å². The van der Waals surface area contributed by atoms with Crippen LogP contribution in [-0.4, -0.2) is 33.7 Å². The molecule has 0 aliphatic heterocycles. The molecule has 2 aromatic rings. The molecule has 2 aromatic heterocycles. The van der Waals surface area contributed by atoms with E-state index < -0.39 is 0 Å². The van der Waals surface area contributed by atoms with Crippen molar-refractivity contribution in [3.05, 3.63) is 12.2 Å². The molecule has 0 spiro atoms. The van der Waals surface area contributed by atoms with Gasteiger partial charge in [-0.05, 0) is 12.8 Å². The Bertz CT molecular complexity index is 497. The van der Waals surface area contributed by atoms with Crippen LogP contribution in [0.25, 0.3) is 11.2 Å². The number of rotatable bonds is 5. The minimum Gasteiger partial charge on any atom is -0.385 e. The summed E-state index contributed by atoms with van der Waals surface area (Å²) in [5, 5.41) is 0. The second-order valence-corrected chi connectivity index (χ2v) is 3.82. The number of ether oxygens (including phenoxy) is 1. The molecule has 0 radical (unpaired) electrons. The lowest BCUT2D eigenvalue weighted by Gasteiger charge is -2.07. The number of nitrogens with one attached hydrogen (secondary N) is 1. The van der Waals surface area contributed by atoms with Crippen molar-refractivity contribution in [3.63, 3.8) is 0 Å². The maximum atomic E-state index is 6.01. The third kappa shape index (κ3) is 2.51. The fourth-order valence-electron chi connectivity index (χ4n) is 1.62. The molecule has 0 aliphatic rings. The van der Waals surface area contributed by atoms with Gasteiger partial charge in [0.15, 0.2) is 11.5 Å². The highest BCUT2D eigenvalue weighted by Crippen LogP contribution is 2.18. The molecule has 92 valence electrons. The maximum absolute atomic E-state index is 6.01. The van der Waals surface area contributed by atoms with Crippen LogP contribution in [0.4, 0.5) is 5.82 Å². The van der Waals surface area contributed by atoms with Gasteiger partial charge in [-0.2, -0.15) is 0 Å². The molecule has 0 saturated heterocycles. The first kappa shape index (κ1) is 11.7. The summed E-state index contributed by atoms with van der Waals surface area (Å²) in [5.41, 5.74) is 12.9. The van der Waals surface area contributed by atoms with Crippen LogP contribution < -0.4 is 11.5 Å². The zero-order valence-electron chi connectivity index (χ0n) is 9.68. The highest BCUT2D eigenvalue weighted by molar-refractivity contribution is 5.81. The van der Waals surface area contributed by atoms with Crippen LogP contribution >= 0.6 is 0 Å². The van der Waals surface area contributed by atoms with Crippen molar-refractivity contribution in [1.29, 1.82) is 0 Å². The summed E-state index contributed by atoms with van der Waals surface area (Å²) < 4.78 is 4.98. The van der Waals surface area contributed by atoms with E-state index >= 15 is 0 Å². The number of aromatic nitrogens is 4. The first-order valence-corrected chi connectivity index (χ1v) is 5.43. The van der Waals surface area contributed by atoms with Gasteiger partial charge in [0.1, 0.15) is 17.7 Å². The molecule has 7 nitrogen and oxygen atoms in total. The largest absolute Gasteiger partial charge is 0.385 e. The number of imidazole rings is 1. The number of fused-ring (bicyclic) bond motifs is 1. The van der Waals surface area contributed by atoms with E-state index in [1.807, 2.05) is 0 Å². The molecule has 2 heterocycles. The van der Waals surface area contributed by atoms with E-state index in [0.717, 1.165) is 12.8 Å². The van der Waals surface area contributed by atoms with Gasteiger partial charge in [0.25, 0.3) is 0 Å². The van der Waals surface area contributed by atoms with Crippen LogP contribution in [0.3, 0.4) is 0 Å². The number of nitrogen functional groups attached to an aromatic ring is 1. The predicted octanol–water partition coefficient (Wildman–Crippen LogP) is 0.362. The van der Waals surface area contributed by atoms with Gasteiger partial charge in [0.05, 0.1) is 6.04 Å². The number of aromatic amines is 1. The summed E-state index contributed by atoms with van der Waals surface area (Å²) in [6.45, 7) is 0.690. The lowest BCUT2D eigenvalue weighted by Crippen LogP contribution is -2.12. The quantitative estimate of drug-likeness (QED) is 0.645. The zero-order valence-corrected chi connectivity index (χ0v) is 9.68.